The number of alkyl halides is 3. The first-order valence-corrected chi connectivity index (χ1v) is 4.50. The molecule has 0 fully saturated rings. The number of hydrogen-bond acceptors (Lipinski definition) is 4. The lowest BCUT2D eigenvalue weighted by Gasteiger charge is -2.01. The molecule has 5 nitrogen and oxygen atoms in total. The molecule has 1 rings (SSSR count). The van der Waals surface area contributed by atoms with Gasteiger partial charge in [-0.15, -0.1) is 11.6 Å². The fourth-order valence-electron chi connectivity index (χ4n) is 0.726. The smallest absolute Gasteiger partial charge is 0.307 e. The highest BCUT2D eigenvalue weighted by molar-refractivity contribution is 6.27. The maximum Gasteiger partial charge on any atom is 0.307 e. The van der Waals surface area contributed by atoms with Crippen LogP contribution < -0.4 is 5.32 Å². The van der Waals surface area contributed by atoms with Crippen LogP contribution in [0.15, 0.2) is 4.52 Å². The van der Waals surface area contributed by atoms with Crippen molar-refractivity contribution in [3.63, 3.8) is 0 Å². The van der Waals surface area contributed by atoms with Gasteiger partial charge in [0.2, 0.25) is 17.6 Å². The van der Waals surface area contributed by atoms with Crippen LogP contribution in [0, 0.1) is 0 Å². The molecule has 0 bridgehead atoms. The molecule has 0 spiro atoms. The normalized spacial score (nSPS) is 11.5. The van der Waals surface area contributed by atoms with Gasteiger partial charge >= 0.3 is 5.92 Å². The third-order valence-electron chi connectivity index (χ3n) is 1.42. The van der Waals surface area contributed by atoms with Gasteiger partial charge in [-0.3, -0.25) is 4.79 Å². The summed E-state index contributed by atoms with van der Waals surface area (Å²) in [5.74, 6) is -4.62. The Balaban J connectivity index is 2.58. The van der Waals surface area contributed by atoms with Crippen molar-refractivity contribution >= 4 is 17.5 Å². The number of carbonyl (C=O) groups excluding carboxylic acids is 1. The van der Waals surface area contributed by atoms with Crippen LogP contribution in [0.1, 0.15) is 18.6 Å². The highest BCUT2D eigenvalue weighted by atomic mass is 35.5. The van der Waals surface area contributed by atoms with Crippen molar-refractivity contribution < 1.29 is 18.1 Å². The van der Waals surface area contributed by atoms with Gasteiger partial charge in [-0.1, -0.05) is 5.16 Å². The number of hydrogen-bond donors (Lipinski definition) is 1. The van der Waals surface area contributed by atoms with E-state index in [-0.39, 0.29) is 18.3 Å². The SMILES string of the molecule is CC(F)(F)c1noc(CNC(=O)CCl)n1. The zero-order valence-corrected chi connectivity index (χ0v) is 8.51. The van der Waals surface area contributed by atoms with Gasteiger partial charge in [-0.05, 0) is 0 Å². The number of rotatable bonds is 4. The summed E-state index contributed by atoms with van der Waals surface area (Å²) in [4.78, 5) is 14.1. The third-order valence-corrected chi connectivity index (χ3v) is 1.66. The minimum Gasteiger partial charge on any atom is -0.346 e. The molecule has 0 saturated heterocycles. The van der Waals surface area contributed by atoms with Crippen molar-refractivity contribution in [2.75, 3.05) is 5.88 Å². The van der Waals surface area contributed by atoms with Crippen molar-refractivity contribution in [1.29, 1.82) is 0 Å². The predicted molar refractivity (Wildman–Crippen MR) is 46.4 cm³/mol. The number of nitrogens with one attached hydrogen (secondary N) is 1. The number of halogens is 3. The topological polar surface area (TPSA) is 68.0 Å². The molecule has 0 unspecified atom stereocenters. The first kappa shape index (κ1) is 11.8. The van der Waals surface area contributed by atoms with Crippen molar-refractivity contribution in [3.8, 4) is 0 Å². The molecule has 1 aromatic heterocycles. The highest BCUT2D eigenvalue weighted by Crippen LogP contribution is 2.23. The molecular formula is C7H8ClF2N3O2. The summed E-state index contributed by atoms with van der Waals surface area (Å²) in [6.45, 7) is 0.535. The number of nitrogens with zero attached hydrogens (tertiary/aromatic N) is 2. The quantitative estimate of drug-likeness (QED) is 0.797. The molecule has 8 heteroatoms. The maximum absolute atomic E-state index is 12.6. The molecule has 0 saturated carbocycles. The summed E-state index contributed by atoms with van der Waals surface area (Å²) in [6, 6.07) is 0. The standard InChI is InChI=1S/C7H8ClF2N3O2/c1-7(9,10)6-12-5(15-13-6)3-11-4(14)2-8/h2-3H2,1H3,(H,11,14). The van der Waals surface area contributed by atoms with E-state index < -0.39 is 17.7 Å². The van der Waals surface area contributed by atoms with Crippen molar-refractivity contribution in [2.45, 2.75) is 19.4 Å². The molecular weight excluding hydrogens is 232 g/mol. The van der Waals surface area contributed by atoms with Crippen LogP contribution in [0.4, 0.5) is 8.78 Å². The van der Waals surface area contributed by atoms with Crippen molar-refractivity contribution in [2.24, 2.45) is 0 Å². The Morgan fingerprint density at radius 1 is 1.67 bits per heavy atom. The van der Waals surface area contributed by atoms with E-state index in [0.717, 1.165) is 0 Å². The Kier molecular flexibility index (Phi) is 3.57. The number of aromatic nitrogens is 2. The molecule has 0 aliphatic rings. The van der Waals surface area contributed by atoms with Gasteiger partial charge in [0, 0.05) is 6.92 Å². The number of amides is 1. The molecule has 0 aromatic carbocycles. The van der Waals surface area contributed by atoms with Gasteiger partial charge in [-0.2, -0.15) is 13.8 Å². The second-order valence-corrected chi connectivity index (χ2v) is 3.08. The van der Waals surface area contributed by atoms with Gasteiger partial charge in [0.05, 0.1) is 6.54 Å². The van der Waals surface area contributed by atoms with E-state index in [1.54, 1.807) is 0 Å². The van der Waals surface area contributed by atoms with Gasteiger partial charge in [-0.25, -0.2) is 0 Å². The molecule has 15 heavy (non-hydrogen) atoms. The molecule has 1 amide bonds. The average Bonchev–Trinajstić information content (AvgIpc) is 2.61. The molecule has 0 aliphatic carbocycles. The zero-order valence-electron chi connectivity index (χ0n) is 7.76. The van der Waals surface area contributed by atoms with Crippen LogP contribution in [0.3, 0.4) is 0 Å². The Morgan fingerprint density at radius 2 is 2.33 bits per heavy atom. The summed E-state index contributed by atoms with van der Waals surface area (Å²) in [7, 11) is 0. The van der Waals surface area contributed by atoms with Gasteiger partial charge in [0.1, 0.15) is 5.88 Å². The van der Waals surface area contributed by atoms with Crippen LogP contribution in [0.2, 0.25) is 0 Å². The third kappa shape index (κ3) is 3.43. The molecule has 0 radical (unpaired) electrons. The first-order valence-electron chi connectivity index (χ1n) is 3.97. The average molecular weight is 240 g/mol. The summed E-state index contributed by atoms with van der Waals surface area (Å²) in [6.07, 6.45) is 0. The number of carbonyl (C=O) groups is 1. The van der Waals surface area contributed by atoms with E-state index in [2.05, 4.69) is 20.0 Å². The van der Waals surface area contributed by atoms with Gasteiger partial charge in [0.15, 0.2) is 0 Å². The Morgan fingerprint density at radius 3 is 2.80 bits per heavy atom. The van der Waals surface area contributed by atoms with Gasteiger partial charge < -0.3 is 9.84 Å². The fraction of sp³-hybridized carbons (Fsp3) is 0.571. The monoisotopic (exact) mass is 239 g/mol. The fourth-order valence-corrected chi connectivity index (χ4v) is 0.821. The molecule has 1 heterocycles. The van der Waals surface area contributed by atoms with E-state index in [0.29, 0.717) is 6.92 Å². The summed E-state index contributed by atoms with van der Waals surface area (Å²) >= 11 is 5.20. The van der Waals surface area contributed by atoms with E-state index in [4.69, 9.17) is 11.6 Å². The lowest BCUT2D eigenvalue weighted by molar-refractivity contribution is -0.118. The van der Waals surface area contributed by atoms with Crippen LogP contribution in [-0.4, -0.2) is 21.9 Å². The lowest BCUT2D eigenvalue weighted by atomic mass is 10.4. The van der Waals surface area contributed by atoms with E-state index >= 15 is 0 Å². The molecule has 1 aromatic rings. The minimum atomic E-state index is -3.15. The summed E-state index contributed by atoms with van der Waals surface area (Å²) in [5, 5.41) is 5.37. The lowest BCUT2D eigenvalue weighted by Crippen LogP contribution is -2.23. The first-order chi connectivity index (χ1) is 6.93. The molecule has 0 atom stereocenters. The molecule has 1 N–H and O–H groups in total. The Labute approximate surface area is 88.8 Å². The van der Waals surface area contributed by atoms with E-state index in [1.807, 2.05) is 0 Å². The zero-order chi connectivity index (χ0) is 11.5. The van der Waals surface area contributed by atoms with Crippen LogP contribution in [0.25, 0.3) is 0 Å². The highest BCUT2D eigenvalue weighted by Gasteiger charge is 2.30. The minimum absolute atomic E-state index is 0.0926. The molecule has 84 valence electrons. The van der Waals surface area contributed by atoms with Crippen LogP contribution in [-0.2, 0) is 17.3 Å². The van der Waals surface area contributed by atoms with Crippen LogP contribution in [0.5, 0.6) is 0 Å². The predicted octanol–water partition coefficient (Wildman–Crippen LogP) is 1.04. The van der Waals surface area contributed by atoms with Crippen LogP contribution >= 0.6 is 11.6 Å². The van der Waals surface area contributed by atoms with Crippen molar-refractivity contribution in [3.05, 3.63) is 11.7 Å². The second-order valence-electron chi connectivity index (χ2n) is 2.81. The van der Waals surface area contributed by atoms with E-state index in [1.165, 1.54) is 0 Å². The van der Waals surface area contributed by atoms with Crippen molar-refractivity contribution in [1.82, 2.24) is 15.5 Å². The molecule has 0 aliphatic heterocycles. The Hall–Kier alpha value is -1.24. The maximum atomic E-state index is 12.6. The largest absolute Gasteiger partial charge is 0.346 e. The van der Waals surface area contributed by atoms with E-state index in [9.17, 15) is 13.6 Å². The summed E-state index contributed by atoms with van der Waals surface area (Å²) < 4.78 is 29.8. The van der Waals surface area contributed by atoms with Gasteiger partial charge in [0.25, 0.3) is 0 Å². The summed E-state index contributed by atoms with van der Waals surface area (Å²) in [5.41, 5.74) is 0. The second kappa shape index (κ2) is 4.52. The Bertz CT molecular complexity index is 350.